The number of allylic oxidation sites excluding steroid dienone is 2. The second-order valence-corrected chi connectivity index (χ2v) is 7.85. The van der Waals surface area contributed by atoms with Crippen LogP contribution in [0, 0.1) is 22.7 Å². The van der Waals surface area contributed by atoms with Crippen molar-refractivity contribution in [1.29, 1.82) is 0 Å². The topological polar surface area (TPSA) is 63.6 Å². The molecule has 4 nitrogen and oxygen atoms in total. The summed E-state index contributed by atoms with van der Waals surface area (Å²) in [5.41, 5.74) is 0.933. The first-order chi connectivity index (χ1) is 11.3. The third kappa shape index (κ3) is 2.48. The van der Waals surface area contributed by atoms with Crippen molar-refractivity contribution in [2.24, 2.45) is 22.7 Å². The van der Waals surface area contributed by atoms with Gasteiger partial charge in [-0.1, -0.05) is 38.2 Å². The first-order valence-electron chi connectivity index (χ1n) is 8.70. The van der Waals surface area contributed by atoms with Gasteiger partial charge in [-0.05, 0) is 36.7 Å². The van der Waals surface area contributed by atoms with Gasteiger partial charge in [-0.25, -0.2) is 4.79 Å². The highest BCUT2D eigenvalue weighted by Crippen LogP contribution is 2.60. The highest BCUT2D eigenvalue weighted by atomic mass is 16.5. The average Bonchev–Trinajstić information content (AvgIpc) is 2.96. The summed E-state index contributed by atoms with van der Waals surface area (Å²) in [4.78, 5) is 24.1. The van der Waals surface area contributed by atoms with E-state index in [0.717, 1.165) is 24.8 Å². The van der Waals surface area contributed by atoms with E-state index in [1.165, 1.54) is 0 Å². The van der Waals surface area contributed by atoms with Gasteiger partial charge in [0.25, 0.3) is 0 Å². The molecule has 1 N–H and O–H groups in total. The number of aliphatic hydroxyl groups is 1. The number of Topliss-reactive ketones (excluding diaryl/α,β-unsaturated/α-hetero) is 1. The van der Waals surface area contributed by atoms with Crippen molar-refractivity contribution in [2.45, 2.75) is 39.5 Å². The Labute approximate surface area is 143 Å². The largest absolute Gasteiger partial charge is 0.458 e. The molecular formula is C20H26O4. The van der Waals surface area contributed by atoms with Crippen LogP contribution in [-0.4, -0.2) is 30.1 Å². The van der Waals surface area contributed by atoms with Crippen LogP contribution < -0.4 is 0 Å². The van der Waals surface area contributed by atoms with E-state index >= 15 is 0 Å². The number of hydrogen-bond acceptors (Lipinski definition) is 4. The number of ketones is 1. The van der Waals surface area contributed by atoms with Crippen LogP contribution in [0.5, 0.6) is 0 Å². The fourth-order valence-electron chi connectivity index (χ4n) is 5.00. The lowest BCUT2D eigenvalue weighted by atomic mass is 9.47. The van der Waals surface area contributed by atoms with E-state index in [1.54, 1.807) is 6.08 Å². The molecule has 1 aliphatic heterocycles. The molecule has 4 atom stereocenters. The molecule has 2 fully saturated rings. The summed E-state index contributed by atoms with van der Waals surface area (Å²) in [6, 6.07) is 0. The molecule has 2 saturated carbocycles. The van der Waals surface area contributed by atoms with Crippen LogP contribution in [-0.2, 0) is 14.3 Å². The number of hydrogen-bond donors (Lipinski definition) is 1. The first kappa shape index (κ1) is 17.2. The second kappa shape index (κ2) is 5.99. The summed E-state index contributed by atoms with van der Waals surface area (Å²) in [5, 5.41) is 9.93. The van der Waals surface area contributed by atoms with Gasteiger partial charge in [-0.2, -0.15) is 0 Å². The van der Waals surface area contributed by atoms with Crippen molar-refractivity contribution in [2.75, 3.05) is 13.2 Å². The van der Waals surface area contributed by atoms with Crippen molar-refractivity contribution in [1.82, 2.24) is 0 Å². The SMILES string of the molecule is C=C1CCC2[C@](C)(CCC(=O)[C@@]2(C)CO)[C@@H]1/C=C/C1=CCOC1=O. The van der Waals surface area contributed by atoms with Crippen LogP contribution in [0.3, 0.4) is 0 Å². The van der Waals surface area contributed by atoms with E-state index in [4.69, 9.17) is 4.74 Å². The predicted octanol–water partition coefficient (Wildman–Crippen LogP) is 2.98. The molecule has 0 radical (unpaired) electrons. The molecule has 3 aliphatic rings. The normalized spacial score (nSPS) is 39.8. The Morgan fingerprint density at radius 3 is 2.75 bits per heavy atom. The first-order valence-corrected chi connectivity index (χ1v) is 8.70. The van der Waals surface area contributed by atoms with E-state index in [-0.39, 0.29) is 35.6 Å². The van der Waals surface area contributed by atoms with Gasteiger partial charge < -0.3 is 9.84 Å². The standard InChI is InChI=1S/C20H26O4/c1-13-4-7-16-19(2,10-8-17(22)20(16,3)12-21)15(13)6-5-14-9-11-24-18(14)23/h5-6,9,15-16,21H,1,4,7-8,10-12H2,2-3H3/b6-5+/t15-,16?,19-,20+/m1/s1. The molecule has 0 bridgehead atoms. The molecule has 0 amide bonds. The molecule has 1 unspecified atom stereocenters. The van der Waals surface area contributed by atoms with Gasteiger partial charge >= 0.3 is 5.97 Å². The fraction of sp³-hybridized carbons (Fsp3) is 0.600. The Morgan fingerprint density at radius 1 is 1.38 bits per heavy atom. The number of carbonyl (C=O) groups is 2. The van der Waals surface area contributed by atoms with E-state index in [9.17, 15) is 14.7 Å². The summed E-state index contributed by atoms with van der Waals surface area (Å²) in [5.74, 6) is 0.114. The smallest absolute Gasteiger partial charge is 0.338 e. The van der Waals surface area contributed by atoms with Gasteiger partial charge in [0, 0.05) is 12.3 Å². The summed E-state index contributed by atoms with van der Waals surface area (Å²) in [6.07, 6.45) is 8.70. The molecule has 3 rings (SSSR count). The third-order valence-corrected chi connectivity index (χ3v) is 6.55. The third-order valence-electron chi connectivity index (χ3n) is 6.55. The maximum absolute atomic E-state index is 12.5. The Balaban J connectivity index is 1.94. The van der Waals surface area contributed by atoms with E-state index in [2.05, 4.69) is 19.6 Å². The number of aliphatic hydroxyl groups excluding tert-OH is 1. The van der Waals surface area contributed by atoms with Crippen LogP contribution in [0.15, 0.2) is 36.0 Å². The zero-order chi connectivity index (χ0) is 17.5. The minimum absolute atomic E-state index is 0.101. The lowest BCUT2D eigenvalue weighted by Gasteiger charge is -2.56. The minimum atomic E-state index is -0.675. The van der Waals surface area contributed by atoms with Crippen LogP contribution in [0.1, 0.15) is 39.5 Å². The molecule has 0 spiro atoms. The molecular weight excluding hydrogens is 304 g/mol. The van der Waals surface area contributed by atoms with Crippen molar-refractivity contribution >= 4 is 11.8 Å². The minimum Gasteiger partial charge on any atom is -0.458 e. The average molecular weight is 330 g/mol. The Morgan fingerprint density at radius 2 is 2.12 bits per heavy atom. The van der Waals surface area contributed by atoms with Crippen molar-refractivity contribution in [3.05, 3.63) is 36.0 Å². The van der Waals surface area contributed by atoms with Crippen LogP contribution >= 0.6 is 0 Å². The van der Waals surface area contributed by atoms with Gasteiger partial charge in [0.1, 0.15) is 12.4 Å². The predicted molar refractivity (Wildman–Crippen MR) is 91.1 cm³/mol. The highest BCUT2D eigenvalue weighted by Gasteiger charge is 2.57. The number of rotatable bonds is 3. The Kier molecular flexibility index (Phi) is 4.28. The van der Waals surface area contributed by atoms with Crippen LogP contribution in [0.4, 0.5) is 0 Å². The van der Waals surface area contributed by atoms with Gasteiger partial charge in [0.15, 0.2) is 0 Å². The Hall–Kier alpha value is -1.68. The monoisotopic (exact) mass is 330 g/mol. The quantitative estimate of drug-likeness (QED) is 0.638. The zero-order valence-electron chi connectivity index (χ0n) is 14.5. The number of esters is 1. The molecule has 0 saturated heterocycles. The lowest BCUT2D eigenvalue weighted by molar-refractivity contribution is -0.150. The van der Waals surface area contributed by atoms with Gasteiger partial charge in [-0.15, -0.1) is 0 Å². The number of ether oxygens (including phenoxy) is 1. The highest BCUT2D eigenvalue weighted by molar-refractivity contribution is 5.93. The maximum atomic E-state index is 12.5. The van der Waals surface area contributed by atoms with Crippen molar-refractivity contribution in [3.63, 3.8) is 0 Å². The van der Waals surface area contributed by atoms with E-state index in [1.807, 2.05) is 13.0 Å². The zero-order valence-corrected chi connectivity index (χ0v) is 14.5. The summed E-state index contributed by atoms with van der Waals surface area (Å²) in [7, 11) is 0. The molecule has 1 heterocycles. The van der Waals surface area contributed by atoms with E-state index < -0.39 is 5.41 Å². The number of carbonyl (C=O) groups excluding carboxylic acids is 2. The Bertz CT molecular complexity index is 644. The molecule has 0 aromatic heterocycles. The number of cyclic esters (lactones) is 1. The van der Waals surface area contributed by atoms with Gasteiger partial charge in [0.05, 0.1) is 17.6 Å². The van der Waals surface area contributed by atoms with Crippen molar-refractivity contribution in [3.8, 4) is 0 Å². The molecule has 2 aliphatic carbocycles. The summed E-state index contributed by atoms with van der Waals surface area (Å²) < 4.78 is 4.95. The molecule has 0 aromatic carbocycles. The van der Waals surface area contributed by atoms with Crippen molar-refractivity contribution < 1.29 is 19.4 Å². The van der Waals surface area contributed by atoms with Gasteiger partial charge in [0.2, 0.25) is 0 Å². The summed E-state index contributed by atoms with van der Waals surface area (Å²) >= 11 is 0. The fourth-order valence-corrected chi connectivity index (χ4v) is 5.00. The molecule has 0 aromatic rings. The van der Waals surface area contributed by atoms with E-state index in [0.29, 0.717) is 18.6 Å². The molecule has 130 valence electrons. The maximum Gasteiger partial charge on any atom is 0.338 e. The molecule has 4 heteroatoms. The molecule has 24 heavy (non-hydrogen) atoms. The van der Waals surface area contributed by atoms with Crippen LogP contribution in [0.25, 0.3) is 0 Å². The van der Waals surface area contributed by atoms with Gasteiger partial charge in [-0.3, -0.25) is 4.79 Å². The number of fused-ring (bicyclic) bond motifs is 1. The second-order valence-electron chi connectivity index (χ2n) is 7.85. The lowest BCUT2D eigenvalue weighted by Crippen LogP contribution is -2.55. The summed E-state index contributed by atoms with van der Waals surface area (Å²) in [6.45, 7) is 8.60. The van der Waals surface area contributed by atoms with Crippen LogP contribution in [0.2, 0.25) is 0 Å².